The number of ether oxygens (including phenoxy) is 1. The van der Waals surface area contributed by atoms with Gasteiger partial charge in [0.2, 0.25) is 0 Å². The number of para-hydroxylation sites is 1. The summed E-state index contributed by atoms with van der Waals surface area (Å²) < 4.78 is 6.29. The molecular formula is C20H20N4O2S. The van der Waals surface area contributed by atoms with Crippen molar-refractivity contribution in [3.63, 3.8) is 0 Å². The molecule has 0 saturated heterocycles. The first-order chi connectivity index (χ1) is 13.3. The highest BCUT2D eigenvalue weighted by molar-refractivity contribution is 7.22. The lowest BCUT2D eigenvalue weighted by atomic mass is 9.95. The van der Waals surface area contributed by atoms with E-state index in [0.29, 0.717) is 23.2 Å². The van der Waals surface area contributed by atoms with E-state index >= 15 is 0 Å². The van der Waals surface area contributed by atoms with Gasteiger partial charge in [0.25, 0.3) is 0 Å². The number of thiophene rings is 1. The van der Waals surface area contributed by atoms with Crippen molar-refractivity contribution in [2.24, 2.45) is 10.3 Å². The summed E-state index contributed by atoms with van der Waals surface area (Å²) in [4.78, 5) is 17.9. The normalized spacial score (nSPS) is 17.0. The molecule has 1 aromatic carbocycles. The highest BCUT2D eigenvalue weighted by Crippen LogP contribution is 2.49. The van der Waals surface area contributed by atoms with Gasteiger partial charge in [0, 0.05) is 5.39 Å². The third kappa shape index (κ3) is 2.60. The van der Waals surface area contributed by atoms with Gasteiger partial charge in [0.15, 0.2) is 5.82 Å². The Morgan fingerprint density at radius 3 is 2.89 bits per heavy atom. The first-order valence-corrected chi connectivity index (χ1v) is 10.3. The number of carbonyl (C=O) groups is 1. The Hall–Kier alpha value is -2.54. The molecular weight excluding hydrogens is 360 g/mol. The Morgan fingerprint density at radius 1 is 1.26 bits per heavy atom. The Balaban J connectivity index is 1.76. The summed E-state index contributed by atoms with van der Waals surface area (Å²) in [7, 11) is 0. The predicted molar refractivity (Wildman–Crippen MR) is 107 cm³/mol. The SMILES string of the molecule is CCOC(=O)c1sc2c3c(nc4ccccc42)N(C2CCCCC2)N=Nc13. The molecule has 5 rings (SSSR count). The van der Waals surface area contributed by atoms with Gasteiger partial charge in [0.05, 0.1) is 28.3 Å². The van der Waals surface area contributed by atoms with Crippen molar-refractivity contribution in [1.29, 1.82) is 0 Å². The number of pyridine rings is 1. The van der Waals surface area contributed by atoms with Crippen LogP contribution in [0.4, 0.5) is 11.5 Å². The minimum absolute atomic E-state index is 0.318. The van der Waals surface area contributed by atoms with Gasteiger partial charge in [0.1, 0.15) is 10.6 Å². The number of anilines is 1. The summed E-state index contributed by atoms with van der Waals surface area (Å²) in [6.45, 7) is 2.15. The van der Waals surface area contributed by atoms with Crippen molar-refractivity contribution >= 4 is 49.8 Å². The Bertz CT molecular complexity index is 1070. The summed E-state index contributed by atoms with van der Waals surface area (Å²) in [5.41, 5.74) is 1.52. The molecule has 1 aliphatic heterocycles. The molecule has 0 amide bonds. The lowest BCUT2D eigenvalue weighted by Gasteiger charge is -2.32. The van der Waals surface area contributed by atoms with Gasteiger partial charge in [-0.2, -0.15) is 0 Å². The quantitative estimate of drug-likeness (QED) is 0.540. The zero-order valence-electron chi connectivity index (χ0n) is 15.1. The fraction of sp³-hybridized carbons (Fsp3) is 0.400. The number of aromatic nitrogens is 1. The molecule has 0 bridgehead atoms. The molecule has 1 saturated carbocycles. The number of nitrogens with zero attached hydrogens (tertiary/aromatic N) is 4. The van der Waals surface area contributed by atoms with Crippen molar-refractivity contribution in [2.45, 2.75) is 45.1 Å². The van der Waals surface area contributed by atoms with Crippen LogP contribution in [0, 0.1) is 0 Å². The van der Waals surface area contributed by atoms with Crippen molar-refractivity contribution in [2.75, 3.05) is 11.6 Å². The molecule has 0 atom stereocenters. The highest BCUT2D eigenvalue weighted by Gasteiger charge is 2.32. The molecule has 0 N–H and O–H groups in total. The summed E-state index contributed by atoms with van der Waals surface area (Å²) in [5, 5.41) is 12.9. The summed E-state index contributed by atoms with van der Waals surface area (Å²) >= 11 is 1.43. The van der Waals surface area contributed by atoms with E-state index in [9.17, 15) is 4.79 Å². The monoisotopic (exact) mass is 380 g/mol. The lowest BCUT2D eigenvalue weighted by Crippen LogP contribution is -2.33. The first kappa shape index (κ1) is 16.6. The molecule has 3 aromatic rings. The van der Waals surface area contributed by atoms with E-state index < -0.39 is 0 Å². The van der Waals surface area contributed by atoms with Crippen LogP contribution in [0.25, 0.3) is 21.0 Å². The fourth-order valence-corrected chi connectivity index (χ4v) is 5.21. The molecule has 138 valence electrons. The molecule has 6 nitrogen and oxygen atoms in total. The van der Waals surface area contributed by atoms with Gasteiger partial charge in [-0.25, -0.2) is 14.8 Å². The van der Waals surface area contributed by atoms with Crippen LogP contribution in [0.2, 0.25) is 0 Å². The van der Waals surface area contributed by atoms with Crippen LogP contribution in [0.15, 0.2) is 34.6 Å². The van der Waals surface area contributed by atoms with Crippen LogP contribution in [-0.4, -0.2) is 23.6 Å². The number of rotatable bonds is 3. The van der Waals surface area contributed by atoms with Crippen LogP contribution >= 0.6 is 11.3 Å². The van der Waals surface area contributed by atoms with Crippen molar-refractivity contribution in [1.82, 2.24) is 4.98 Å². The zero-order chi connectivity index (χ0) is 18.4. The average molecular weight is 380 g/mol. The van der Waals surface area contributed by atoms with E-state index in [4.69, 9.17) is 9.72 Å². The van der Waals surface area contributed by atoms with Gasteiger partial charge < -0.3 is 4.74 Å². The van der Waals surface area contributed by atoms with E-state index in [1.165, 1.54) is 30.6 Å². The molecule has 2 aliphatic rings. The summed E-state index contributed by atoms with van der Waals surface area (Å²) in [6, 6.07) is 8.37. The molecule has 2 aromatic heterocycles. The number of benzene rings is 1. The number of hydrogen-bond donors (Lipinski definition) is 0. The maximum absolute atomic E-state index is 12.5. The topological polar surface area (TPSA) is 67.2 Å². The summed E-state index contributed by atoms with van der Waals surface area (Å²) in [6.07, 6.45) is 5.88. The first-order valence-electron chi connectivity index (χ1n) is 9.51. The third-order valence-electron chi connectivity index (χ3n) is 5.32. The molecule has 3 heterocycles. The summed E-state index contributed by atoms with van der Waals surface area (Å²) in [5.74, 6) is 0.487. The number of fused-ring (bicyclic) bond motifs is 2. The molecule has 0 unspecified atom stereocenters. The van der Waals surface area contributed by atoms with Crippen LogP contribution in [-0.2, 0) is 4.74 Å². The van der Waals surface area contributed by atoms with Crippen molar-refractivity contribution in [3.8, 4) is 0 Å². The van der Waals surface area contributed by atoms with E-state index in [2.05, 4.69) is 10.3 Å². The molecule has 1 aliphatic carbocycles. The molecule has 0 spiro atoms. The van der Waals surface area contributed by atoms with Gasteiger partial charge in [-0.3, -0.25) is 0 Å². The minimum Gasteiger partial charge on any atom is -0.462 e. The number of esters is 1. The minimum atomic E-state index is -0.339. The Labute approximate surface area is 160 Å². The van der Waals surface area contributed by atoms with Gasteiger partial charge >= 0.3 is 5.97 Å². The molecule has 7 heteroatoms. The lowest BCUT2D eigenvalue weighted by molar-refractivity contribution is 0.0533. The Kier molecular flexibility index (Phi) is 4.04. The standard InChI is InChI=1S/C20H20N4O2S/c1-2-26-20(25)18-16-15-17(27-18)13-10-6-7-11-14(13)21-19(15)24(23-22-16)12-8-4-3-5-9-12/h6-7,10-12H,2-5,8-9H2,1H3. The second-order valence-electron chi connectivity index (χ2n) is 6.98. The Morgan fingerprint density at radius 2 is 2.07 bits per heavy atom. The van der Waals surface area contributed by atoms with Crippen LogP contribution in [0.5, 0.6) is 0 Å². The predicted octanol–water partition coefficient (Wildman–Crippen LogP) is 5.78. The van der Waals surface area contributed by atoms with E-state index in [-0.39, 0.29) is 5.97 Å². The van der Waals surface area contributed by atoms with Gasteiger partial charge in [-0.15, -0.1) is 16.5 Å². The van der Waals surface area contributed by atoms with E-state index in [1.807, 2.05) is 36.2 Å². The van der Waals surface area contributed by atoms with E-state index in [1.54, 1.807) is 0 Å². The van der Waals surface area contributed by atoms with Gasteiger partial charge in [-0.1, -0.05) is 42.7 Å². The molecule has 27 heavy (non-hydrogen) atoms. The largest absolute Gasteiger partial charge is 0.462 e. The maximum Gasteiger partial charge on any atom is 0.350 e. The van der Waals surface area contributed by atoms with Crippen LogP contribution in [0.3, 0.4) is 0 Å². The smallest absolute Gasteiger partial charge is 0.350 e. The molecule has 1 fully saturated rings. The van der Waals surface area contributed by atoms with Crippen molar-refractivity contribution < 1.29 is 9.53 Å². The second kappa shape index (κ2) is 6.56. The average Bonchev–Trinajstić information content (AvgIpc) is 3.10. The van der Waals surface area contributed by atoms with Crippen LogP contribution < -0.4 is 5.01 Å². The third-order valence-corrected chi connectivity index (χ3v) is 6.51. The van der Waals surface area contributed by atoms with Crippen molar-refractivity contribution in [3.05, 3.63) is 29.1 Å². The zero-order valence-corrected chi connectivity index (χ0v) is 16.0. The van der Waals surface area contributed by atoms with E-state index in [0.717, 1.165) is 39.6 Å². The van der Waals surface area contributed by atoms with Gasteiger partial charge in [-0.05, 0) is 25.8 Å². The second-order valence-corrected chi connectivity index (χ2v) is 8.00. The molecule has 0 radical (unpaired) electrons. The fourth-order valence-electron chi connectivity index (χ4n) is 4.06. The van der Waals surface area contributed by atoms with Crippen LogP contribution in [0.1, 0.15) is 48.7 Å². The highest BCUT2D eigenvalue weighted by atomic mass is 32.1. The maximum atomic E-state index is 12.5. The number of hydrogen-bond acceptors (Lipinski definition) is 7. The number of carbonyl (C=O) groups excluding carboxylic acids is 1.